The zero-order valence-electron chi connectivity index (χ0n) is 37.8. The molecule has 63 heavy (non-hydrogen) atoms. The van der Waals surface area contributed by atoms with Gasteiger partial charge < -0.3 is 37.8 Å². The lowest BCUT2D eigenvalue weighted by Gasteiger charge is -2.39. The molecule has 1 aliphatic heterocycles. The molecule has 0 bridgehead atoms. The monoisotopic (exact) mass is 878 g/mol. The van der Waals surface area contributed by atoms with Crippen LogP contribution in [0.3, 0.4) is 0 Å². The van der Waals surface area contributed by atoms with Gasteiger partial charge >= 0.3 is 0 Å². The highest BCUT2D eigenvalue weighted by atomic mass is 31.2. The summed E-state index contributed by atoms with van der Waals surface area (Å²) in [6.45, 7) is 8.74. The van der Waals surface area contributed by atoms with E-state index in [-0.39, 0.29) is 31.7 Å². The number of hydrogen-bond acceptors (Lipinski definition) is 13. The van der Waals surface area contributed by atoms with E-state index in [9.17, 15) is 5.26 Å². The molecule has 0 spiro atoms. The Hall–Kier alpha value is -5.53. The average molecular weight is 879 g/mol. The van der Waals surface area contributed by atoms with E-state index >= 15 is 0 Å². The second-order valence-corrected chi connectivity index (χ2v) is 17.3. The highest BCUT2D eigenvalue weighted by molar-refractivity contribution is 7.44. The quantitative estimate of drug-likeness (QED) is 0.0229. The zero-order chi connectivity index (χ0) is 45.1. The fraction of sp³-hybridized carbons (Fsp3) is 0.435. The summed E-state index contributed by atoms with van der Waals surface area (Å²) < 4.78 is 43.4. The van der Waals surface area contributed by atoms with Crippen molar-refractivity contribution in [3.63, 3.8) is 0 Å². The number of methoxy groups -OCH3 is 2. The molecule has 0 amide bonds. The Morgan fingerprint density at radius 2 is 1.44 bits per heavy atom. The van der Waals surface area contributed by atoms with Crippen LogP contribution in [0.25, 0.3) is 11.2 Å². The molecule has 4 atom stereocenters. The van der Waals surface area contributed by atoms with E-state index < -0.39 is 32.6 Å². The first-order chi connectivity index (χ1) is 30.4. The van der Waals surface area contributed by atoms with E-state index in [1.807, 2.05) is 109 Å². The summed E-state index contributed by atoms with van der Waals surface area (Å²) in [5.74, 6) is 2.19. The van der Waals surface area contributed by atoms with Crippen LogP contribution in [0.4, 0.5) is 11.8 Å². The first kappa shape index (κ1) is 47.0. The third-order valence-electron chi connectivity index (χ3n) is 10.2. The third kappa shape index (κ3) is 11.0. The van der Waals surface area contributed by atoms with Crippen molar-refractivity contribution >= 4 is 44.1 Å². The maximum absolute atomic E-state index is 9.49. The largest absolute Gasteiger partial charge is 0.497 e. The van der Waals surface area contributed by atoms with Gasteiger partial charge in [-0.3, -0.25) is 4.57 Å². The molecule has 0 saturated carbocycles. The van der Waals surface area contributed by atoms with Crippen molar-refractivity contribution in [2.45, 2.75) is 76.7 Å². The molecular weight excluding hydrogens is 820 g/mol. The van der Waals surface area contributed by atoms with Crippen molar-refractivity contribution in [1.29, 1.82) is 5.26 Å². The fourth-order valence-electron chi connectivity index (χ4n) is 7.48. The van der Waals surface area contributed by atoms with E-state index in [0.717, 1.165) is 28.2 Å². The van der Waals surface area contributed by atoms with Gasteiger partial charge in [0.25, 0.3) is 8.53 Å². The maximum Gasteiger partial charge on any atom is 0.259 e. The van der Waals surface area contributed by atoms with Crippen molar-refractivity contribution in [3.8, 4) is 17.6 Å². The van der Waals surface area contributed by atoms with Gasteiger partial charge in [-0.25, -0.2) is 29.6 Å². The molecular formula is C46H59N10O6P. The van der Waals surface area contributed by atoms with Gasteiger partial charge in [0.2, 0.25) is 5.95 Å². The molecule has 16 nitrogen and oxygen atoms in total. The van der Waals surface area contributed by atoms with Crippen LogP contribution in [0.1, 0.15) is 63.5 Å². The zero-order valence-corrected chi connectivity index (χ0v) is 38.7. The van der Waals surface area contributed by atoms with Crippen molar-refractivity contribution in [1.82, 2.24) is 34.0 Å². The Kier molecular flexibility index (Phi) is 16.2. The van der Waals surface area contributed by atoms with E-state index in [2.05, 4.69) is 60.5 Å². The highest BCUT2D eigenvalue weighted by Gasteiger charge is 2.46. The maximum atomic E-state index is 9.49. The summed E-state index contributed by atoms with van der Waals surface area (Å²) >= 11 is 0. The lowest BCUT2D eigenvalue weighted by atomic mass is 9.80. The number of fused-ring (bicyclic) bond motifs is 1. The van der Waals surface area contributed by atoms with Crippen molar-refractivity contribution in [2.75, 3.05) is 55.6 Å². The average Bonchev–Trinajstić information content (AvgIpc) is 3.86. The van der Waals surface area contributed by atoms with Crippen LogP contribution in [0.2, 0.25) is 0 Å². The first-order valence-corrected chi connectivity index (χ1v) is 22.1. The van der Waals surface area contributed by atoms with Crippen LogP contribution < -0.4 is 9.47 Å². The molecule has 334 valence electrons. The summed E-state index contributed by atoms with van der Waals surface area (Å²) in [5.41, 5.74) is 2.50. The predicted octanol–water partition coefficient (Wildman–Crippen LogP) is 8.24. The van der Waals surface area contributed by atoms with Crippen molar-refractivity contribution in [2.24, 2.45) is 9.98 Å². The van der Waals surface area contributed by atoms with Gasteiger partial charge in [0, 0.05) is 46.7 Å². The number of imidazole rings is 1. The molecule has 1 fully saturated rings. The van der Waals surface area contributed by atoms with Crippen LogP contribution in [-0.4, -0.2) is 127 Å². The number of aromatic nitrogens is 4. The van der Waals surface area contributed by atoms with Gasteiger partial charge in [-0.05, 0) is 68.7 Å². The lowest BCUT2D eigenvalue weighted by Crippen LogP contribution is -2.39. The van der Waals surface area contributed by atoms with Gasteiger partial charge in [-0.2, -0.15) is 5.26 Å². The molecule has 1 saturated heterocycles. The predicted molar refractivity (Wildman–Crippen MR) is 246 cm³/mol. The molecule has 0 radical (unpaired) electrons. The minimum absolute atomic E-state index is 0.0734. The molecule has 2 aromatic heterocycles. The molecule has 0 N–H and O–H groups in total. The van der Waals surface area contributed by atoms with Crippen molar-refractivity contribution < 1.29 is 28.0 Å². The second-order valence-electron chi connectivity index (χ2n) is 15.9. The number of hydrogen-bond donors (Lipinski definition) is 0. The van der Waals surface area contributed by atoms with Gasteiger partial charge in [0.05, 0.1) is 58.7 Å². The highest BCUT2D eigenvalue weighted by Crippen LogP contribution is 2.51. The summed E-state index contributed by atoms with van der Waals surface area (Å²) in [5, 5.41) is 9.49. The van der Waals surface area contributed by atoms with E-state index in [1.54, 1.807) is 26.9 Å². The molecule has 5 aromatic rings. The van der Waals surface area contributed by atoms with Gasteiger partial charge in [-0.1, -0.05) is 54.6 Å². The Balaban J connectivity index is 1.50. The topological polar surface area (TPSA) is 157 Å². The normalized spacial score (nSPS) is 17.4. The van der Waals surface area contributed by atoms with Crippen LogP contribution >= 0.6 is 8.53 Å². The van der Waals surface area contributed by atoms with Gasteiger partial charge in [0.1, 0.15) is 35.8 Å². The van der Waals surface area contributed by atoms with Gasteiger partial charge in [0.15, 0.2) is 17.0 Å². The molecule has 6 rings (SSSR count). The third-order valence-corrected chi connectivity index (χ3v) is 12.4. The minimum atomic E-state index is -1.68. The Labute approximate surface area is 372 Å². The molecule has 1 aliphatic rings. The molecule has 0 aliphatic carbocycles. The Bertz CT molecular complexity index is 2260. The summed E-state index contributed by atoms with van der Waals surface area (Å²) in [4.78, 5) is 27.1. The van der Waals surface area contributed by atoms with E-state index in [0.29, 0.717) is 29.4 Å². The minimum Gasteiger partial charge on any atom is -0.497 e. The molecule has 1 unspecified atom stereocenters. The standard InChI is InChI=1S/C46H59N10O6P/c1-32(2)56(33(3)4)63(60-26-14-25-47)62-39-27-41(55-44-42(52-45(55)51-31-54(7)8)43(48-29-49-44)50-30-53(5)6)61-40(39)28-59-46(34-15-12-11-13-16-34,35-17-21-37(57-9)22-18-35)36-19-23-38(58-10)24-20-36/h11-13,15-24,29-33,39-41H,14,26-28H2,1-10H3/b50-30+,51-31+/t39-,40+,41+,63?/m0/s1. The molecule has 3 aromatic carbocycles. The van der Waals surface area contributed by atoms with Crippen LogP contribution in [-0.2, 0) is 24.1 Å². The Morgan fingerprint density at radius 3 is 2.00 bits per heavy atom. The summed E-state index contributed by atoms with van der Waals surface area (Å²) in [6.07, 6.45) is 3.50. The van der Waals surface area contributed by atoms with Crippen molar-refractivity contribution in [3.05, 3.63) is 102 Å². The first-order valence-electron chi connectivity index (χ1n) is 20.9. The lowest BCUT2D eigenvalue weighted by molar-refractivity contribution is -0.0909. The van der Waals surface area contributed by atoms with E-state index in [4.69, 9.17) is 43.0 Å². The van der Waals surface area contributed by atoms with E-state index in [1.165, 1.54) is 6.33 Å². The summed E-state index contributed by atoms with van der Waals surface area (Å²) in [6, 6.07) is 28.3. The fourth-order valence-corrected chi connectivity index (χ4v) is 9.24. The SMILES string of the molecule is COc1ccc(C(OC[C@H]2O[C@@H](n3c(/N=C/N(C)C)nc4c(/N=C/N(C)C)ncnc43)C[C@@H]2OP(OCCC#N)N(C(C)C)C(C)C)(c2ccccc2)c2ccc(OC)cc2)cc1. The number of ether oxygens (including phenoxy) is 4. The number of nitrogens with zero attached hydrogens (tertiary/aromatic N) is 10. The second kappa shape index (κ2) is 21.7. The smallest absolute Gasteiger partial charge is 0.259 e. The summed E-state index contributed by atoms with van der Waals surface area (Å²) in [7, 11) is 9.17. The van der Waals surface area contributed by atoms with Crippen LogP contribution in [0, 0.1) is 11.3 Å². The number of nitriles is 1. The number of rotatable bonds is 21. The number of aliphatic imine (C=N–C) groups is 2. The Morgan fingerprint density at radius 1 is 0.857 bits per heavy atom. The number of benzene rings is 3. The molecule has 3 heterocycles. The van der Waals surface area contributed by atoms with Crippen LogP contribution in [0.5, 0.6) is 11.5 Å². The molecule has 17 heteroatoms. The van der Waals surface area contributed by atoms with Crippen LogP contribution in [0.15, 0.2) is 95.2 Å². The van der Waals surface area contributed by atoms with Gasteiger partial charge in [-0.15, -0.1) is 0 Å².